The first-order valence-electron chi connectivity index (χ1n) is 6.66. The Kier molecular flexibility index (Phi) is 4.42. The maximum Gasteiger partial charge on any atom is 0.158 e. The summed E-state index contributed by atoms with van der Waals surface area (Å²) >= 11 is 0. The highest BCUT2D eigenvalue weighted by atomic mass is 32.2. The second-order valence-electron chi connectivity index (χ2n) is 5.27. The minimum atomic E-state index is -3.45. The SMILES string of the molecule is Cc1cc(C)c(CS(=O)(=O)Cc2ccccc2F)c(C)n1. The molecule has 1 heterocycles. The summed E-state index contributed by atoms with van der Waals surface area (Å²) in [4.78, 5) is 4.30. The zero-order valence-corrected chi connectivity index (χ0v) is 13.2. The normalized spacial score (nSPS) is 11.6. The van der Waals surface area contributed by atoms with Crippen LogP contribution >= 0.6 is 0 Å². The highest BCUT2D eigenvalue weighted by molar-refractivity contribution is 7.89. The standard InChI is InChI=1S/C16H18FNO2S/c1-11-8-12(2)18-13(3)15(11)10-21(19,20)9-14-6-4-5-7-16(14)17/h4-8H,9-10H2,1-3H3. The molecule has 2 aromatic rings. The molecule has 0 saturated carbocycles. The average molecular weight is 307 g/mol. The third kappa shape index (κ3) is 3.88. The average Bonchev–Trinajstić information content (AvgIpc) is 2.36. The van der Waals surface area contributed by atoms with Gasteiger partial charge in [0, 0.05) is 17.0 Å². The fourth-order valence-corrected chi connectivity index (χ4v) is 4.08. The molecule has 0 fully saturated rings. The number of nitrogens with zero attached hydrogens (tertiary/aromatic N) is 1. The van der Waals surface area contributed by atoms with Crippen molar-refractivity contribution in [2.75, 3.05) is 0 Å². The van der Waals surface area contributed by atoms with Crippen LogP contribution in [0, 0.1) is 26.6 Å². The van der Waals surface area contributed by atoms with Crippen molar-refractivity contribution in [3.8, 4) is 0 Å². The van der Waals surface area contributed by atoms with Crippen LogP contribution in [0.4, 0.5) is 4.39 Å². The van der Waals surface area contributed by atoms with Crippen LogP contribution in [0.15, 0.2) is 30.3 Å². The lowest BCUT2D eigenvalue weighted by Crippen LogP contribution is -2.12. The molecule has 0 atom stereocenters. The van der Waals surface area contributed by atoms with Crippen molar-refractivity contribution in [3.05, 3.63) is 64.2 Å². The van der Waals surface area contributed by atoms with Crippen LogP contribution in [0.3, 0.4) is 0 Å². The highest BCUT2D eigenvalue weighted by Gasteiger charge is 2.18. The van der Waals surface area contributed by atoms with Gasteiger partial charge in [0.05, 0.1) is 11.5 Å². The van der Waals surface area contributed by atoms with Crippen molar-refractivity contribution in [3.63, 3.8) is 0 Å². The van der Waals surface area contributed by atoms with Crippen LogP contribution < -0.4 is 0 Å². The van der Waals surface area contributed by atoms with Crippen LogP contribution in [-0.4, -0.2) is 13.4 Å². The van der Waals surface area contributed by atoms with Crippen molar-refractivity contribution in [2.24, 2.45) is 0 Å². The zero-order valence-electron chi connectivity index (χ0n) is 12.4. The molecule has 2 rings (SSSR count). The topological polar surface area (TPSA) is 47.0 Å². The van der Waals surface area contributed by atoms with Crippen molar-refractivity contribution in [1.29, 1.82) is 0 Å². The van der Waals surface area contributed by atoms with Gasteiger partial charge in [-0.15, -0.1) is 0 Å². The molecule has 21 heavy (non-hydrogen) atoms. The predicted octanol–water partition coefficient (Wildman–Crippen LogP) is 3.26. The molecule has 0 spiro atoms. The molecule has 0 aliphatic carbocycles. The van der Waals surface area contributed by atoms with Gasteiger partial charge < -0.3 is 0 Å². The van der Waals surface area contributed by atoms with E-state index in [0.29, 0.717) is 11.3 Å². The number of benzene rings is 1. The minimum Gasteiger partial charge on any atom is -0.258 e. The van der Waals surface area contributed by atoms with Gasteiger partial charge in [-0.05, 0) is 44.0 Å². The molecule has 0 radical (unpaired) electrons. The highest BCUT2D eigenvalue weighted by Crippen LogP contribution is 2.20. The summed E-state index contributed by atoms with van der Waals surface area (Å²) in [5, 5.41) is 0. The van der Waals surface area contributed by atoms with E-state index in [1.165, 1.54) is 12.1 Å². The molecular weight excluding hydrogens is 289 g/mol. The lowest BCUT2D eigenvalue weighted by Gasteiger charge is -2.11. The molecule has 3 nitrogen and oxygen atoms in total. The Morgan fingerprint density at radius 3 is 2.38 bits per heavy atom. The quantitative estimate of drug-likeness (QED) is 0.871. The van der Waals surface area contributed by atoms with Gasteiger partial charge in [0.1, 0.15) is 5.82 Å². The van der Waals surface area contributed by atoms with E-state index in [0.717, 1.165) is 11.3 Å². The number of rotatable bonds is 4. The van der Waals surface area contributed by atoms with E-state index in [1.807, 2.05) is 19.9 Å². The third-order valence-corrected chi connectivity index (χ3v) is 4.86. The molecule has 0 bridgehead atoms. The molecule has 1 aromatic heterocycles. The van der Waals surface area contributed by atoms with Gasteiger partial charge in [-0.3, -0.25) is 4.98 Å². The predicted molar refractivity (Wildman–Crippen MR) is 81.2 cm³/mol. The molecule has 5 heteroatoms. The molecule has 0 aliphatic heterocycles. The second-order valence-corrected chi connectivity index (χ2v) is 7.33. The lowest BCUT2D eigenvalue weighted by molar-refractivity contribution is 0.586. The number of hydrogen-bond donors (Lipinski definition) is 0. The van der Waals surface area contributed by atoms with Crippen molar-refractivity contribution < 1.29 is 12.8 Å². The van der Waals surface area contributed by atoms with E-state index in [9.17, 15) is 12.8 Å². The molecule has 0 aliphatic rings. The maximum absolute atomic E-state index is 13.6. The second kappa shape index (κ2) is 5.93. The van der Waals surface area contributed by atoms with Gasteiger partial charge in [-0.25, -0.2) is 12.8 Å². The van der Waals surface area contributed by atoms with Gasteiger partial charge in [0.25, 0.3) is 0 Å². The molecule has 0 saturated heterocycles. The van der Waals surface area contributed by atoms with E-state index >= 15 is 0 Å². The summed E-state index contributed by atoms with van der Waals surface area (Å²) < 4.78 is 38.2. The monoisotopic (exact) mass is 307 g/mol. The molecule has 1 aromatic carbocycles. The number of aryl methyl sites for hydroxylation is 3. The smallest absolute Gasteiger partial charge is 0.158 e. The Bertz CT molecular complexity index is 747. The van der Waals surface area contributed by atoms with Gasteiger partial charge in [-0.2, -0.15) is 0 Å². The summed E-state index contributed by atoms with van der Waals surface area (Å²) in [5.74, 6) is -0.907. The van der Waals surface area contributed by atoms with Gasteiger partial charge >= 0.3 is 0 Å². The zero-order chi connectivity index (χ0) is 15.6. The van der Waals surface area contributed by atoms with Crippen molar-refractivity contribution in [1.82, 2.24) is 4.98 Å². The van der Waals surface area contributed by atoms with Gasteiger partial charge in [0.2, 0.25) is 0 Å². The third-order valence-electron chi connectivity index (χ3n) is 3.38. The molecule has 0 N–H and O–H groups in total. The number of pyridine rings is 1. The molecule has 0 unspecified atom stereocenters. The maximum atomic E-state index is 13.6. The first-order valence-corrected chi connectivity index (χ1v) is 8.48. The van der Waals surface area contributed by atoms with Crippen LogP contribution in [0.2, 0.25) is 0 Å². The van der Waals surface area contributed by atoms with E-state index in [4.69, 9.17) is 0 Å². The Hall–Kier alpha value is -1.75. The van der Waals surface area contributed by atoms with E-state index in [-0.39, 0.29) is 17.1 Å². The number of sulfone groups is 1. The summed E-state index contributed by atoms with van der Waals surface area (Å²) in [6.07, 6.45) is 0. The number of aromatic nitrogens is 1. The van der Waals surface area contributed by atoms with E-state index in [1.54, 1.807) is 19.1 Å². The van der Waals surface area contributed by atoms with Crippen molar-refractivity contribution in [2.45, 2.75) is 32.3 Å². The minimum absolute atomic E-state index is 0.119. The summed E-state index contributed by atoms with van der Waals surface area (Å²) in [7, 11) is -3.45. The van der Waals surface area contributed by atoms with Crippen molar-refractivity contribution >= 4 is 9.84 Å². The first kappa shape index (κ1) is 15.6. The number of hydrogen-bond acceptors (Lipinski definition) is 3. The Balaban J connectivity index is 2.29. The lowest BCUT2D eigenvalue weighted by atomic mass is 10.1. The largest absolute Gasteiger partial charge is 0.258 e. The van der Waals surface area contributed by atoms with Gasteiger partial charge in [-0.1, -0.05) is 18.2 Å². The van der Waals surface area contributed by atoms with Crippen LogP contribution in [0.5, 0.6) is 0 Å². The van der Waals surface area contributed by atoms with Crippen LogP contribution in [0.1, 0.15) is 28.1 Å². The summed E-state index contributed by atoms with van der Waals surface area (Å²) in [6, 6.07) is 7.82. The Morgan fingerprint density at radius 1 is 1.10 bits per heavy atom. The fraction of sp³-hybridized carbons (Fsp3) is 0.312. The van der Waals surface area contributed by atoms with E-state index in [2.05, 4.69) is 4.98 Å². The first-order chi connectivity index (χ1) is 9.78. The fourth-order valence-electron chi connectivity index (χ4n) is 2.39. The Labute approximate surface area is 124 Å². The van der Waals surface area contributed by atoms with Gasteiger partial charge in [0.15, 0.2) is 9.84 Å². The van der Waals surface area contributed by atoms with Crippen LogP contribution in [-0.2, 0) is 21.3 Å². The molecular formula is C16H18FNO2S. The van der Waals surface area contributed by atoms with Crippen LogP contribution in [0.25, 0.3) is 0 Å². The molecule has 112 valence electrons. The number of halogens is 1. The summed E-state index contributed by atoms with van der Waals surface area (Å²) in [6.45, 7) is 5.54. The molecule has 0 amide bonds. The summed E-state index contributed by atoms with van der Waals surface area (Å²) in [5.41, 5.74) is 3.38. The van der Waals surface area contributed by atoms with E-state index < -0.39 is 15.7 Å². The Morgan fingerprint density at radius 2 is 1.76 bits per heavy atom.